The Morgan fingerprint density at radius 3 is 2.48 bits per heavy atom. The van der Waals surface area contributed by atoms with Crippen LogP contribution in [0.4, 0.5) is 5.69 Å². The molecule has 164 valence electrons. The third-order valence-electron chi connectivity index (χ3n) is 5.79. The number of halogens is 1. The standard InChI is InChI=1S/C24H28ClN3O3/c1-16-5-6-18(25)13-22(16)28-11-9-27(10-12-28)15-21-17(2)31-24(26-21)20-8-7-19(29-3)14-23(20)30-4/h5-8,13-14H,9-12,15H2,1-4H3. The van der Waals surface area contributed by atoms with Crippen molar-refractivity contribution < 1.29 is 13.9 Å². The maximum absolute atomic E-state index is 6.21. The summed E-state index contributed by atoms with van der Waals surface area (Å²) in [4.78, 5) is 9.60. The topological polar surface area (TPSA) is 51.0 Å². The van der Waals surface area contributed by atoms with E-state index in [2.05, 4.69) is 28.9 Å². The number of anilines is 1. The van der Waals surface area contributed by atoms with Gasteiger partial charge in [0.15, 0.2) is 0 Å². The minimum absolute atomic E-state index is 0.570. The molecule has 0 aliphatic carbocycles. The van der Waals surface area contributed by atoms with Crippen LogP contribution in [0.1, 0.15) is 17.0 Å². The molecule has 6 nitrogen and oxygen atoms in total. The fourth-order valence-corrected chi connectivity index (χ4v) is 4.11. The summed E-state index contributed by atoms with van der Waals surface area (Å²) in [5, 5.41) is 0.780. The number of hydrogen-bond donors (Lipinski definition) is 0. The largest absolute Gasteiger partial charge is 0.497 e. The summed E-state index contributed by atoms with van der Waals surface area (Å²) in [6, 6.07) is 11.7. The zero-order chi connectivity index (χ0) is 22.0. The maximum atomic E-state index is 6.21. The van der Waals surface area contributed by atoms with Gasteiger partial charge in [0, 0.05) is 49.5 Å². The summed E-state index contributed by atoms with van der Waals surface area (Å²) in [5.41, 5.74) is 4.25. The Morgan fingerprint density at radius 1 is 1.00 bits per heavy atom. The number of rotatable bonds is 6. The van der Waals surface area contributed by atoms with E-state index >= 15 is 0 Å². The van der Waals surface area contributed by atoms with Crippen LogP contribution in [-0.4, -0.2) is 50.3 Å². The van der Waals surface area contributed by atoms with Crippen LogP contribution < -0.4 is 14.4 Å². The molecular weight excluding hydrogens is 414 g/mol. The summed E-state index contributed by atoms with van der Waals surface area (Å²) in [6.45, 7) is 8.68. The van der Waals surface area contributed by atoms with Crippen molar-refractivity contribution in [2.45, 2.75) is 20.4 Å². The molecule has 31 heavy (non-hydrogen) atoms. The van der Waals surface area contributed by atoms with Gasteiger partial charge in [-0.15, -0.1) is 0 Å². The number of nitrogens with zero attached hydrogens (tertiary/aromatic N) is 3. The van der Waals surface area contributed by atoms with E-state index in [1.807, 2.05) is 31.2 Å². The number of piperazine rings is 1. The van der Waals surface area contributed by atoms with E-state index in [-0.39, 0.29) is 0 Å². The second-order valence-corrected chi connectivity index (χ2v) is 8.22. The Bertz CT molecular complexity index is 1060. The molecule has 0 radical (unpaired) electrons. The first-order chi connectivity index (χ1) is 15.0. The monoisotopic (exact) mass is 441 g/mol. The zero-order valence-corrected chi connectivity index (χ0v) is 19.2. The molecule has 1 aliphatic rings. The molecule has 0 atom stereocenters. The molecule has 7 heteroatoms. The molecule has 0 unspecified atom stereocenters. The lowest BCUT2D eigenvalue weighted by molar-refractivity contribution is 0.246. The first kappa shape index (κ1) is 21.5. The van der Waals surface area contributed by atoms with Crippen molar-refractivity contribution in [3.63, 3.8) is 0 Å². The molecule has 4 rings (SSSR count). The number of hydrogen-bond acceptors (Lipinski definition) is 6. The van der Waals surface area contributed by atoms with Gasteiger partial charge in [0.05, 0.1) is 25.5 Å². The fourth-order valence-electron chi connectivity index (χ4n) is 3.95. The molecule has 1 aliphatic heterocycles. The third kappa shape index (κ3) is 4.65. The molecule has 0 saturated carbocycles. The number of aryl methyl sites for hydroxylation is 2. The van der Waals surface area contributed by atoms with Crippen molar-refractivity contribution in [3.8, 4) is 23.0 Å². The van der Waals surface area contributed by atoms with Crippen molar-refractivity contribution in [2.75, 3.05) is 45.3 Å². The average molecular weight is 442 g/mol. The van der Waals surface area contributed by atoms with Gasteiger partial charge in [-0.3, -0.25) is 4.90 Å². The number of benzene rings is 2. The SMILES string of the molecule is COc1ccc(-c2nc(CN3CCN(c4cc(Cl)ccc4C)CC3)c(C)o2)c(OC)c1. The average Bonchev–Trinajstić information content (AvgIpc) is 3.15. The zero-order valence-electron chi connectivity index (χ0n) is 18.4. The quantitative estimate of drug-likeness (QED) is 0.539. The van der Waals surface area contributed by atoms with E-state index in [1.165, 1.54) is 11.3 Å². The van der Waals surface area contributed by atoms with Gasteiger partial charge in [0.25, 0.3) is 0 Å². The fraction of sp³-hybridized carbons (Fsp3) is 0.375. The van der Waals surface area contributed by atoms with Crippen LogP contribution in [-0.2, 0) is 6.54 Å². The van der Waals surface area contributed by atoms with Crippen LogP contribution in [0.3, 0.4) is 0 Å². The molecular formula is C24H28ClN3O3. The lowest BCUT2D eigenvalue weighted by Crippen LogP contribution is -2.46. The summed E-state index contributed by atoms with van der Waals surface area (Å²) < 4.78 is 16.8. The van der Waals surface area contributed by atoms with Crippen LogP contribution in [0.5, 0.6) is 11.5 Å². The molecule has 1 aromatic heterocycles. The highest BCUT2D eigenvalue weighted by atomic mass is 35.5. The highest BCUT2D eigenvalue weighted by Crippen LogP contribution is 2.34. The predicted octanol–water partition coefficient (Wildman–Crippen LogP) is 4.95. The summed E-state index contributed by atoms with van der Waals surface area (Å²) in [7, 11) is 3.27. The van der Waals surface area contributed by atoms with Crippen LogP contribution in [0.25, 0.3) is 11.5 Å². The van der Waals surface area contributed by atoms with Gasteiger partial charge < -0.3 is 18.8 Å². The lowest BCUT2D eigenvalue weighted by Gasteiger charge is -2.36. The Hall–Kier alpha value is -2.70. The summed E-state index contributed by atoms with van der Waals surface area (Å²) in [6.07, 6.45) is 0. The minimum atomic E-state index is 0.570. The smallest absolute Gasteiger partial charge is 0.230 e. The molecule has 0 N–H and O–H groups in total. The second kappa shape index (κ2) is 9.20. The first-order valence-corrected chi connectivity index (χ1v) is 10.8. The molecule has 1 fully saturated rings. The van der Waals surface area contributed by atoms with Gasteiger partial charge in [-0.05, 0) is 43.7 Å². The van der Waals surface area contributed by atoms with Gasteiger partial charge >= 0.3 is 0 Å². The van der Waals surface area contributed by atoms with Crippen molar-refractivity contribution in [3.05, 3.63) is 58.4 Å². The molecule has 0 spiro atoms. The van der Waals surface area contributed by atoms with Gasteiger partial charge in [-0.1, -0.05) is 17.7 Å². The van der Waals surface area contributed by atoms with E-state index < -0.39 is 0 Å². The number of ether oxygens (including phenoxy) is 2. The molecule has 0 bridgehead atoms. The highest BCUT2D eigenvalue weighted by Gasteiger charge is 2.22. The van der Waals surface area contributed by atoms with E-state index in [1.54, 1.807) is 14.2 Å². The highest BCUT2D eigenvalue weighted by molar-refractivity contribution is 6.30. The van der Waals surface area contributed by atoms with E-state index in [0.29, 0.717) is 11.6 Å². The van der Waals surface area contributed by atoms with Gasteiger partial charge in [0.2, 0.25) is 5.89 Å². The summed E-state index contributed by atoms with van der Waals surface area (Å²) in [5.74, 6) is 2.82. The van der Waals surface area contributed by atoms with Gasteiger partial charge in [0.1, 0.15) is 17.3 Å². The molecule has 0 amide bonds. The Labute approximate surface area is 188 Å². The number of methoxy groups -OCH3 is 2. The van der Waals surface area contributed by atoms with Crippen molar-refractivity contribution >= 4 is 17.3 Å². The van der Waals surface area contributed by atoms with Crippen LogP contribution in [0.15, 0.2) is 40.8 Å². The van der Waals surface area contributed by atoms with E-state index in [4.69, 9.17) is 30.5 Å². The van der Waals surface area contributed by atoms with Crippen LogP contribution in [0, 0.1) is 13.8 Å². The number of oxazole rings is 1. The normalized spacial score (nSPS) is 14.7. The lowest BCUT2D eigenvalue weighted by atomic mass is 10.1. The maximum Gasteiger partial charge on any atom is 0.230 e. The third-order valence-corrected chi connectivity index (χ3v) is 6.02. The van der Waals surface area contributed by atoms with Crippen molar-refractivity contribution in [2.24, 2.45) is 0 Å². The molecule has 3 aromatic rings. The number of aromatic nitrogens is 1. The minimum Gasteiger partial charge on any atom is -0.497 e. The summed E-state index contributed by atoms with van der Waals surface area (Å²) >= 11 is 6.21. The molecule has 1 saturated heterocycles. The van der Waals surface area contributed by atoms with E-state index in [9.17, 15) is 0 Å². The first-order valence-electron chi connectivity index (χ1n) is 10.4. The van der Waals surface area contributed by atoms with Crippen LogP contribution in [0.2, 0.25) is 5.02 Å². The molecule has 2 heterocycles. The Morgan fingerprint density at radius 2 is 1.77 bits per heavy atom. The predicted molar refractivity (Wildman–Crippen MR) is 123 cm³/mol. The van der Waals surface area contributed by atoms with Gasteiger partial charge in [-0.2, -0.15) is 0 Å². The Balaban J connectivity index is 1.45. The second-order valence-electron chi connectivity index (χ2n) is 7.78. The van der Waals surface area contributed by atoms with Crippen molar-refractivity contribution in [1.82, 2.24) is 9.88 Å². The van der Waals surface area contributed by atoms with Crippen LogP contribution >= 0.6 is 11.6 Å². The van der Waals surface area contributed by atoms with E-state index in [0.717, 1.165) is 60.5 Å². The Kier molecular flexibility index (Phi) is 6.39. The molecule has 2 aromatic carbocycles. The van der Waals surface area contributed by atoms with Gasteiger partial charge in [-0.25, -0.2) is 4.98 Å². The van der Waals surface area contributed by atoms with Crippen molar-refractivity contribution in [1.29, 1.82) is 0 Å².